The van der Waals surface area contributed by atoms with Crippen molar-refractivity contribution in [2.45, 2.75) is 68.5 Å². The van der Waals surface area contributed by atoms with Gasteiger partial charge < -0.3 is 50.6 Å². The molecule has 12 nitrogen and oxygen atoms in total. The molecule has 0 radical (unpaired) electrons. The lowest BCUT2D eigenvalue weighted by Gasteiger charge is -2.44. The first-order valence-corrected chi connectivity index (χ1v) is 12.6. The van der Waals surface area contributed by atoms with Crippen LogP contribution in [0.3, 0.4) is 0 Å². The minimum atomic E-state index is -2.05. The van der Waals surface area contributed by atoms with Crippen molar-refractivity contribution in [2.24, 2.45) is 5.73 Å². The Morgan fingerprint density at radius 2 is 1.85 bits per heavy atom. The molecule has 2 aromatic carbocycles. The van der Waals surface area contributed by atoms with E-state index in [1.54, 1.807) is 6.92 Å². The predicted octanol–water partition coefficient (Wildman–Crippen LogP) is -0.207. The number of hydrogen-bond acceptors (Lipinski definition) is 12. The molecule has 4 unspecified atom stereocenters. The fourth-order valence-corrected chi connectivity index (χ4v) is 5.84. The van der Waals surface area contributed by atoms with Crippen molar-refractivity contribution in [3.05, 3.63) is 51.6 Å². The van der Waals surface area contributed by atoms with Crippen molar-refractivity contribution >= 4 is 11.6 Å². The molecule has 1 fully saturated rings. The van der Waals surface area contributed by atoms with E-state index in [0.717, 1.165) is 0 Å². The van der Waals surface area contributed by atoms with Gasteiger partial charge >= 0.3 is 0 Å². The van der Waals surface area contributed by atoms with Crippen LogP contribution in [-0.4, -0.2) is 92.2 Å². The highest BCUT2D eigenvalue weighted by Gasteiger charge is 2.50. The fourth-order valence-electron chi connectivity index (χ4n) is 5.84. The van der Waals surface area contributed by atoms with Crippen LogP contribution < -0.4 is 10.5 Å². The number of ether oxygens (including phenoxy) is 3. The number of aromatic hydroxyl groups is 2. The number of hydrogen-bond donors (Lipinski definition) is 7. The summed E-state index contributed by atoms with van der Waals surface area (Å²) in [6, 6.07) is 3.69. The molecule has 12 heteroatoms. The Bertz CT molecular complexity index is 1330. The average molecular weight is 546 g/mol. The maximum atomic E-state index is 13.7. The van der Waals surface area contributed by atoms with E-state index in [-0.39, 0.29) is 40.8 Å². The molecular formula is C27H31NO11. The lowest BCUT2D eigenvalue weighted by atomic mass is 9.71. The zero-order valence-corrected chi connectivity index (χ0v) is 21.3. The molecular weight excluding hydrogens is 514 g/mol. The summed E-state index contributed by atoms with van der Waals surface area (Å²) in [6.45, 7) is 0.768. The molecule has 0 aromatic heterocycles. The largest absolute Gasteiger partial charge is 0.507 e. The summed E-state index contributed by atoms with van der Waals surface area (Å²) in [7, 11) is 1.33. The molecule has 2 aromatic rings. The Kier molecular flexibility index (Phi) is 6.92. The maximum absolute atomic E-state index is 13.7. The smallest absolute Gasteiger partial charge is 0.202 e. The van der Waals surface area contributed by atoms with Gasteiger partial charge in [-0.15, -0.1) is 0 Å². The topological polar surface area (TPSA) is 209 Å². The second-order valence-electron chi connectivity index (χ2n) is 10.3. The van der Waals surface area contributed by atoms with E-state index in [0.29, 0.717) is 0 Å². The lowest BCUT2D eigenvalue weighted by molar-refractivity contribution is -0.251. The summed E-state index contributed by atoms with van der Waals surface area (Å²) in [5.74, 6) is -2.68. The molecule has 1 saturated heterocycles. The molecule has 1 aliphatic heterocycles. The van der Waals surface area contributed by atoms with Crippen LogP contribution in [0.2, 0.25) is 0 Å². The molecule has 0 spiro atoms. The minimum Gasteiger partial charge on any atom is -0.507 e. The first-order valence-electron chi connectivity index (χ1n) is 12.6. The number of ketones is 2. The molecule has 0 amide bonds. The number of aliphatic hydroxyl groups is 4. The van der Waals surface area contributed by atoms with Crippen molar-refractivity contribution in [3.8, 4) is 17.2 Å². The van der Waals surface area contributed by atoms with Gasteiger partial charge in [0.15, 0.2) is 12.1 Å². The van der Waals surface area contributed by atoms with Gasteiger partial charge in [0.1, 0.15) is 23.4 Å². The van der Waals surface area contributed by atoms with Gasteiger partial charge in [0, 0.05) is 42.0 Å². The highest BCUT2D eigenvalue weighted by molar-refractivity contribution is 6.31. The van der Waals surface area contributed by atoms with Crippen LogP contribution in [0.25, 0.3) is 0 Å². The Morgan fingerprint density at radius 3 is 2.49 bits per heavy atom. The molecule has 5 rings (SSSR count). The quantitative estimate of drug-likeness (QED) is 0.208. The van der Waals surface area contributed by atoms with Crippen LogP contribution >= 0.6 is 0 Å². The number of phenols is 2. The van der Waals surface area contributed by atoms with Crippen LogP contribution in [-0.2, 0) is 15.9 Å². The summed E-state index contributed by atoms with van der Waals surface area (Å²) in [4.78, 5) is 27.2. The van der Waals surface area contributed by atoms with Gasteiger partial charge in [-0.2, -0.15) is 0 Å². The van der Waals surface area contributed by atoms with E-state index in [9.17, 15) is 40.2 Å². The Morgan fingerprint density at radius 1 is 1.15 bits per heavy atom. The molecule has 210 valence electrons. The number of phenolic OH excluding ortho intramolecular Hbond substituents is 2. The SMILES string of the molecule is COc1cccc2c1C(=O)c1c(O)c3c(c(O)c1C2=O)C[C@](O)([C@@H](O)CO)C[C@H]3OC1CC(N)C(O)C(C)O1. The molecule has 0 saturated carbocycles. The summed E-state index contributed by atoms with van der Waals surface area (Å²) >= 11 is 0. The Labute approximate surface area is 223 Å². The first kappa shape index (κ1) is 27.5. The van der Waals surface area contributed by atoms with Crippen molar-refractivity contribution in [2.75, 3.05) is 13.7 Å². The normalized spacial score (nSPS) is 30.8. The van der Waals surface area contributed by atoms with E-state index < -0.39 is 89.6 Å². The van der Waals surface area contributed by atoms with E-state index >= 15 is 0 Å². The summed E-state index contributed by atoms with van der Waals surface area (Å²) in [5.41, 5.74) is 2.77. The molecule has 8 N–H and O–H groups in total. The first-order chi connectivity index (χ1) is 18.4. The van der Waals surface area contributed by atoms with Gasteiger partial charge in [0.25, 0.3) is 0 Å². The Balaban J connectivity index is 1.68. The van der Waals surface area contributed by atoms with Gasteiger partial charge in [-0.25, -0.2) is 0 Å². The van der Waals surface area contributed by atoms with Crippen LogP contribution in [0.15, 0.2) is 18.2 Å². The molecule has 39 heavy (non-hydrogen) atoms. The van der Waals surface area contributed by atoms with E-state index in [1.807, 2.05) is 0 Å². The molecule has 0 bridgehead atoms. The number of benzene rings is 2. The number of aliphatic hydroxyl groups excluding tert-OH is 3. The number of carbonyl (C=O) groups excluding carboxylic acids is 2. The highest BCUT2D eigenvalue weighted by Crippen LogP contribution is 2.52. The zero-order chi connectivity index (χ0) is 28.4. The number of rotatable bonds is 5. The molecule has 1 heterocycles. The number of fused-ring (bicyclic) bond motifs is 3. The zero-order valence-electron chi connectivity index (χ0n) is 21.3. The molecule has 7 atom stereocenters. The second-order valence-corrected chi connectivity index (χ2v) is 10.3. The predicted molar refractivity (Wildman–Crippen MR) is 133 cm³/mol. The maximum Gasteiger partial charge on any atom is 0.202 e. The van der Waals surface area contributed by atoms with Crippen molar-refractivity contribution in [3.63, 3.8) is 0 Å². The third-order valence-electron chi connectivity index (χ3n) is 7.97. The fraction of sp³-hybridized carbons (Fsp3) is 0.481. The van der Waals surface area contributed by atoms with Gasteiger partial charge in [-0.1, -0.05) is 12.1 Å². The van der Waals surface area contributed by atoms with Gasteiger partial charge in [0.2, 0.25) is 5.78 Å². The lowest BCUT2D eigenvalue weighted by Crippen LogP contribution is -2.53. The highest BCUT2D eigenvalue weighted by atomic mass is 16.7. The van der Waals surface area contributed by atoms with Gasteiger partial charge in [-0.05, 0) is 13.0 Å². The van der Waals surface area contributed by atoms with Crippen LogP contribution in [0.1, 0.15) is 68.8 Å². The van der Waals surface area contributed by atoms with Crippen molar-refractivity contribution in [1.29, 1.82) is 0 Å². The molecule has 3 aliphatic rings. The average Bonchev–Trinajstić information content (AvgIpc) is 2.90. The molecule has 2 aliphatic carbocycles. The number of nitrogens with two attached hydrogens (primary N) is 1. The third kappa shape index (κ3) is 4.19. The summed E-state index contributed by atoms with van der Waals surface area (Å²) in [5, 5.41) is 64.4. The summed E-state index contributed by atoms with van der Waals surface area (Å²) in [6.07, 6.45) is -6.45. The number of methoxy groups -OCH3 is 1. The van der Waals surface area contributed by atoms with E-state index in [1.165, 1.54) is 25.3 Å². The van der Waals surface area contributed by atoms with Crippen LogP contribution in [0.5, 0.6) is 17.2 Å². The van der Waals surface area contributed by atoms with E-state index in [4.69, 9.17) is 19.9 Å². The minimum absolute atomic E-state index is 0.0343. The second kappa shape index (κ2) is 9.82. The summed E-state index contributed by atoms with van der Waals surface area (Å²) < 4.78 is 17.1. The van der Waals surface area contributed by atoms with Crippen LogP contribution in [0, 0.1) is 0 Å². The third-order valence-corrected chi connectivity index (χ3v) is 7.97. The van der Waals surface area contributed by atoms with Crippen molar-refractivity contribution in [1.82, 2.24) is 0 Å². The monoisotopic (exact) mass is 545 g/mol. The van der Waals surface area contributed by atoms with Gasteiger partial charge in [0.05, 0.1) is 54.3 Å². The van der Waals surface area contributed by atoms with Gasteiger partial charge in [-0.3, -0.25) is 9.59 Å². The van der Waals surface area contributed by atoms with Crippen LogP contribution in [0.4, 0.5) is 0 Å². The van der Waals surface area contributed by atoms with E-state index in [2.05, 4.69) is 0 Å². The van der Waals surface area contributed by atoms with Crippen molar-refractivity contribution < 1.29 is 54.4 Å². The number of carbonyl (C=O) groups is 2. The Hall–Kier alpha value is -3.10. The standard InChI is InChI=1S/C27H31NO11/c1-10-22(31)13(28)6-17(38-10)39-15-8-27(36,16(30)9-29)7-12-19(15)26(35)21-20(24(12)33)23(32)11-4-3-5-14(37-2)18(11)25(21)34/h3-5,10,13,15-17,22,29-31,33,35-36H,6-9,28H2,1-2H3/t10?,13?,15-,16+,17?,22?,27-/m1/s1.